The smallest absolute Gasteiger partial charge is 0.254 e. The van der Waals surface area contributed by atoms with Crippen LogP contribution in [0.1, 0.15) is 16.1 Å². The Labute approximate surface area is 63.8 Å². The molecule has 0 saturated carbocycles. The number of pyridine rings is 1. The number of aryl methyl sites for hydroxylation is 1. The normalized spacial score (nSPS) is 9.55. The third kappa shape index (κ3) is 1.46. The highest BCUT2D eigenvalue weighted by Gasteiger charge is 2.05. The molecule has 0 atom stereocenters. The number of hydrogen-bond donors (Lipinski definition) is 1. The summed E-state index contributed by atoms with van der Waals surface area (Å²) in [5.41, 5.74) is 5.71. The third-order valence-electron chi connectivity index (χ3n) is 1.39. The lowest BCUT2D eigenvalue weighted by atomic mass is 10.2. The second-order valence-corrected chi connectivity index (χ2v) is 2.25. The molecule has 0 aliphatic carbocycles. The highest BCUT2D eigenvalue weighted by atomic mass is 16.5. The Bertz CT molecular complexity index is 296. The Morgan fingerprint density at radius 3 is 2.73 bits per heavy atom. The van der Waals surface area contributed by atoms with E-state index in [0.29, 0.717) is 10.4 Å². The van der Waals surface area contributed by atoms with Gasteiger partial charge in [0.1, 0.15) is 5.56 Å². The largest absolute Gasteiger partial charge is 0.618 e. The van der Waals surface area contributed by atoms with Gasteiger partial charge in [0, 0.05) is 13.0 Å². The molecule has 1 rings (SSSR count). The zero-order valence-electron chi connectivity index (χ0n) is 6.07. The van der Waals surface area contributed by atoms with Crippen LogP contribution in [0.3, 0.4) is 0 Å². The molecule has 11 heavy (non-hydrogen) atoms. The van der Waals surface area contributed by atoms with Crippen LogP contribution in [-0.4, -0.2) is 5.91 Å². The standard InChI is InChI=1S/C7H8N2O2/c1-5-2-3-6(7(8)10)4-9(5)11/h2-4H,1H3,(H2,8,10). The van der Waals surface area contributed by atoms with Crippen LogP contribution >= 0.6 is 0 Å². The lowest BCUT2D eigenvalue weighted by molar-refractivity contribution is -0.612. The van der Waals surface area contributed by atoms with E-state index in [2.05, 4.69) is 0 Å². The molecule has 0 fully saturated rings. The average Bonchev–Trinajstić information content (AvgIpc) is 1.94. The molecule has 2 N–H and O–H groups in total. The number of nitrogens with zero attached hydrogens (tertiary/aromatic N) is 1. The van der Waals surface area contributed by atoms with Gasteiger partial charge in [-0.25, -0.2) is 0 Å². The van der Waals surface area contributed by atoms with Gasteiger partial charge in [-0.15, -0.1) is 0 Å². The van der Waals surface area contributed by atoms with Gasteiger partial charge in [-0.05, 0) is 6.07 Å². The van der Waals surface area contributed by atoms with E-state index < -0.39 is 5.91 Å². The van der Waals surface area contributed by atoms with Gasteiger partial charge in [0.2, 0.25) is 0 Å². The number of carbonyl (C=O) groups excluding carboxylic acids is 1. The molecule has 1 aromatic rings. The van der Waals surface area contributed by atoms with E-state index in [9.17, 15) is 10.0 Å². The van der Waals surface area contributed by atoms with E-state index in [-0.39, 0.29) is 5.56 Å². The monoisotopic (exact) mass is 152 g/mol. The fraction of sp³-hybridized carbons (Fsp3) is 0.143. The number of aromatic nitrogens is 1. The van der Waals surface area contributed by atoms with E-state index in [1.807, 2.05) is 0 Å². The molecule has 0 saturated heterocycles. The van der Waals surface area contributed by atoms with Gasteiger partial charge < -0.3 is 10.9 Å². The number of amides is 1. The summed E-state index contributed by atoms with van der Waals surface area (Å²) in [7, 11) is 0. The summed E-state index contributed by atoms with van der Waals surface area (Å²) >= 11 is 0. The van der Waals surface area contributed by atoms with Crippen LogP contribution < -0.4 is 10.5 Å². The van der Waals surface area contributed by atoms with Crippen LogP contribution in [0.15, 0.2) is 18.3 Å². The fourth-order valence-corrected chi connectivity index (χ4v) is 0.701. The van der Waals surface area contributed by atoms with Crippen molar-refractivity contribution in [1.82, 2.24) is 0 Å². The lowest BCUT2D eigenvalue weighted by Crippen LogP contribution is -2.31. The molecule has 0 unspecified atom stereocenters. The molecule has 0 aromatic carbocycles. The van der Waals surface area contributed by atoms with Crippen molar-refractivity contribution in [3.63, 3.8) is 0 Å². The van der Waals surface area contributed by atoms with Crippen LogP contribution in [0, 0.1) is 12.1 Å². The lowest BCUT2D eigenvalue weighted by Gasteiger charge is -1.99. The van der Waals surface area contributed by atoms with Crippen LogP contribution in [0.4, 0.5) is 0 Å². The van der Waals surface area contributed by atoms with E-state index >= 15 is 0 Å². The zero-order valence-corrected chi connectivity index (χ0v) is 6.07. The maximum atomic E-state index is 10.9. The van der Waals surface area contributed by atoms with Crippen molar-refractivity contribution in [3.05, 3.63) is 34.8 Å². The van der Waals surface area contributed by atoms with Gasteiger partial charge in [-0.3, -0.25) is 4.79 Å². The maximum Gasteiger partial charge on any atom is 0.254 e. The second-order valence-electron chi connectivity index (χ2n) is 2.25. The summed E-state index contributed by atoms with van der Waals surface area (Å²) < 4.78 is 0.611. The molecule has 4 heteroatoms. The van der Waals surface area contributed by atoms with Gasteiger partial charge >= 0.3 is 0 Å². The van der Waals surface area contributed by atoms with Crippen molar-refractivity contribution in [1.29, 1.82) is 0 Å². The number of hydrogen-bond acceptors (Lipinski definition) is 2. The number of primary amides is 1. The number of carbonyl (C=O) groups is 1. The van der Waals surface area contributed by atoms with Gasteiger partial charge in [0.05, 0.1) is 0 Å². The van der Waals surface area contributed by atoms with Crippen molar-refractivity contribution < 1.29 is 9.52 Å². The van der Waals surface area contributed by atoms with Gasteiger partial charge in [0.25, 0.3) is 5.91 Å². The summed E-state index contributed by atoms with van der Waals surface area (Å²) in [5, 5.41) is 10.9. The fourth-order valence-electron chi connectivity index (χ4n) is 0.701. The highest BCUT2D eigenvalue weighted by Crippen LogP contribution is 1.95. The molecule has 0 aliphatic rings. The molecule has 0 bridgehead atoms. The highest BCUT2D eigenvalue weighted by molar-refractivity contribution is 5.92. The molecule has 4 nitrogen and oxygen atoms in total. The van der Waals surface area contributed by atoms with Gasteiger partial charge in [-0.1, -0.05) is 0 Å². The molecule has 1 heterocycles. The van der Waals surface area contributed by atoms with Crippen molar-refractivity contribution in [2.45, 2.75) is 6.92 Å². The first-order valence-electron chi connectivity index (χ1n) is 3.11. The minimum Gasteiger partial charge on any atom is -0.618 e. The summed E-state index contributed by atoms with van der Waals surface area (Å²) in [6.45, 7) is 1.65. The van der Waals surface area contributed by atoms with Crippen molar-refractivity contribution in [2.75, 3.05) is 0 Å². The molecule has 58 valence electrons. The summed E-state index contributed by atoms with van der Waals surface area (Å²) in [5.74, 6) is -0.588. The van der Waals surface area contributed by atoms with Crippen molar-refractivity contribution in [2.24, 2.45) is 5.73 Å². The van der Waals surface area contributed by atoms with Gasteiger partial charge in [0.15, 0.2) is 11.9 Å². The minimum absolute atomic E-state index is 0.227. The number of nitrogens with two attached hydrogens (primary N) is 1. The Morgan fingerprint density at radius 2 is 2.27 bits per heavy atom. The van der Waals surface area contributed by atoms with E-state index in [0.717, 1.165) is 6.20 Å². The first-order chi connectivity index (χ1) is 5.11. The third-order valence-corrected chi connectivity index (χ3v) is 1.39. The van der Waals surface area contributed by atoms with Crippen LogP contribution in [0.2, 0.25) is 0 Å². The topological polar surface area (TPSA) is 70.0 Å². The first kappa shape index (κ1) is 7.53. The van der Waals surface area contributed by atoms with E-state index in [1.54, 1.807) is 13.0 Å². The molecular weight excluding hydrogens is 144 g/mol. The zero-order chi connectivity index (χ0) is 8.43. The molecule has 0 aliphatic heterocycles. The van der Waals surface area contributed by atoms with Gasteiger partial charge in [-0.2, -0.15) is 4.73 Å². The molecule has 1 aromatic heterocycles. The number of rotatable bonds is 1. The predicted molar refractivity (Wildman–Crippen MR) is 38.7 cm³/mol. The summed E-state index contributed by atoms with van der Waals surface area (Å²) in [6, 6.07) is 3.07. The van der Waals surface area contributed by atoms with E-state index in [4.69, 9.17) is 5.73 Å². The predicted octanol–water partition coefficient (Wildman–Crippen LogP) is -0.273. The summed E-state index contributed by atoms with van der Waals surface area (Å²) in [6.07, 6.45) is 1.16. The van der Waals surface area contributed by atoms with Crippen molar-refractivity contribution in [3.8, 4) is 0 Å². The first-order valence-corrected chi connectivity index (χ1v) is 3.11. The van der Waals surface area contributed by atoms with Crippen LogP contribution in [0.25, 0.3) is 0 Å². The van der Waals surface area contributed by atoms with E-state index in [1.165, 1.54) is 6.07 Å². The second kappa shape index (κ2) is 2.57. The Balaban J connectivity index is 3.15. The maximum absolute atomic E-state index is 10.9. The van der Waals surface area contributed by atoms with Crippen LogP contribution in [-0.2, 0) is 0 Å². The Hall–Kier alpha value is -1.58. The molecule has 0 spiro atoms. The quantitative estimate of drug-likeness (QED) is 0.444. The summed E-state index contributed by atoms with van der Waals surface area (Å²) in [4.78, 5) is 10.5. The average molecular weight is 152 g/mol. The SMILES string of the molecule is Cc1ccc(C(N)=O)c[n+]1[O-]. The molecule has 0 radical (unpaired) electrons. The van der Waals surface area contributed by atoms with Crippen LogP contribution in [0.5, 0.6) is 0 Å². The molecule has 1 amide bonds. The minimum atomic E-state index is -0.588. The van der Waals surface area contributed by atoms with Crippen molar-refractivity contribution >= 4 is 5.91 Å². The Kier molecular flexibility index (Phi) is 1.76. The molecular formula is C7H8N2O2. The Morgan fingerprint density at radius 1 is 1.64 bits per heavy atom.